The van der Waals surface area contributed by atoms with Gasteiger partial charge in [-0.3, -0.25) is 0 Å². The molecule has 0 amide bonds. The first-order chi connectivity index (χ1) is 4.63. The Morgan fingerprint density at radius 1 is 1.18 bits per heavy atom. The third kappa shape index (κ3) is 6.12. The van der Waals surface area contributed by atoms with Crippen molar-refractivity contribution in [3.05, 3.63) is 0 Å². The molecule has 11 heavy (non-hydrogen) atoms. The average molecular weight is 260 g/mol. The van der Waals surface area contributed by atoms with E-state index in [-0.39, 0.29) is 0 Å². The molecule has 0 fully saturated rings. The van der Waals surface area contributed by atoms with Crippen LogP contribution in [0.2, 0.25) is 0 Å². The summed E-state index contributed by atoms with van der Waals surface area (Å²) in [4.78, 5) is 10.7. The summed E-state index contributed by atoms with van der Waals surface area (Å²) < 4.78 is 0.471. The first kappa shape index (κ1) is 11.9. The maximum absolute atomic E-state index is 10.7. The minimum atomic E-state index is -2.15. The molecule has 0 heterocycles. The Morgan fingerprint density at radius 2 is 1.55 bits per heavy atom. The van der Waals surface area contributed by atoms with Gasteiger partial charge >= 0.3 is 5.97 Å². The van der Waals surface area contributed by atoms with Crippen molar-refractivity contribution in [2.45, 2.75) is 15.2 Å². The van der Waals surface area contributed by atoms with E-state index in [0.717, 1.165) is 0 Å². The van der Waals surface area contributed by atoms with Crippen LogP contribution >= 0.6 is 58.0 Å². The molecule has 2 nitrogen and oxygen atoms in total. The molecule has 0 radical (unpaired) electrons. The molecule has 66 valence electrons. The lowest BCUT2D eigenvalue weighted by atomic mass is 10.7. The van der Waals surface area contributed by atoms with E-state index in [1.54, 1.807) is 0 Å². The van der Waals surface area contributed by atoms with Crippen LogP contribution in [0.4, 0.5) is 0 Å². The second-order valence-corrected chi connectivity index (χ2v) is 5.61. The second kappa shape index (κ2) is 3.75. The largest absolute Gasteiger partial charge is 0.426 e. The topological polar surface area (TPSA) is 26.3 Å². The molecular weight excluding hydrogens is 257 g/mol. The van der Waals surface area contributed by atoms with Crippen molar-refractivity contribution in [1.29, 1.82) is 0 Å². The Morgan fingerprint density at radius 3 is 1.64 bits per heavy atom. The number of alkyl halides is 5. The maximum atomic E-state index is 10.7. The molecule has 0 unspecified atom stereocenters. The van der Waals surface area contributed by atoms with Crippen LogP contribution in [0, 0.1) is 0 Å². The molecule has 0 saturated heterocycles. The summed E-state index contributed by atoms with van der Waals surface area (Å²) >= 11 is 25.9. The highest BCUT2D eigenvalue weighted by molar-refractivity contribution is 6.75. The molecule has 0 aromatic carbocycles. The van der Waals surface area contributed by atoms with Crippen molar-refractivity contribution in [1.82, 2.24) is 0 Å². The van der Waals surface area contributed by atoms with Gasteiger partial charge in [-0.2, -0.15) is 0 Å². The smallest absolute Gasteiger partial charge is 0.361 e. The van der Waals surface area contributed by atoms with Crippen LogP contribution in [0.5, 0.6) is 0 Å². The fourth-order valence-corrected chi connectivity index (χ4v) is 0.477. The van der Waals surface area contributed by atoms with E-state index >= 15 is 0 Å². The molecule has 0 N–H and O–H groups in total. The number of carbonyl (C=O) groups excluding carboxylic acids is 1. The zero-order chi connectivity index (χ0) is 9.28. The molecule has 0 saturated carbocycles. The van der Waals surface area contributed by atoms with Crippen molar-refractivity contribution in [2.24, 2.45) is 0 Å². The number of halogens is 5. The molecule has 0 aromatic rings. The second-order valence-electron chi connectivity index (χ2n) is 1.70. The normalized spacial score (nSPS) is 12.9. The van der Waals surface area contributed by atoms with Gasteiger partial charge in [-0.15, -0.1) is 0 Å². The van der Waals surface area contributed by atoms with Gasteiger partial charge in [0.2, 0.25) is 0 Å². The molecular formula is C4H3Cl5O2. The third-order valence-electron chi connectivity index (χ3n) is 0.503. The highest BCUT2D eigenvalue weighted by Gasteiger charge is 2.37. The van der Waals surface area contributed by atoms with E-state index < -0.39 is 14.3 Å². The Kier molecular flexibility index (Phi) is 4.07. The van der Waals surface area contributed by atoms with E-state index in [9.17, 15) is 4.79 Å². The van der Waals surface area contributed by atoms with E-state index in [0.29, 0.717) is 0 Å². The molecule has 0 aliphatic carbocycles. The monoisotopic (exact) mass is 258 g/mol. The van der Waals surface area contributed by atoms with Crippen molar-refractivity contribution in [3.8, 4) is 0 Å². The zero-order valence-electron chi connectivity index (χ0n) is 5.21. The fraction of sp³-hybridized carbons (Fsp3) is 0.750. The van der Waals surface area contributed by atoms with Gasteiger partial charge in [0, 0.05) is 6.92 Å². The molecule has 0 aliphatic rings. The summed E-state index contributed by atoms with van der Waals surface area (Å²) in [6.45, 7) is 1.23. The molecule has 0 atom stereocenters. The number of hydrogen-bond acceptors (Lipinski definition) is 2. The van der Waals surface area contributed by atoms with Crippen LogP contribution in [0.15, 0.2) is 0 Å². The van der Waals surface area contributed by atoms with Crippen molar-refractivity contribution in [2.75, 3.05) is 0 Å². The predicted molar refractivity (Wildman–Crippen MR) is 46.5 cm³/mol. The van der Waals surface area contributed by atoms with Crippen molar-refractivity contribution >= 4 is 64.0 Å². The minimum Gasteiger partial charge on any atom is -0.426 e. The van der Waals surface area contributed by atoms with E-state index in [4.69, 9.17) is 58.0 Å². The van der Waals surface area contributed by atoms with Gasteiger partial charge in [0.05, 0.1) is 0 Å². The molecule has 0 rings (SSSR count). The summed E-state index contributed by atoms with van der Waals surface area (Å²) in [5.74, 6) is -1.12. The molecule has 0 aliphatic heterocycles. The molecule has 0 aromatic heterocycles. The van der Waals surface area contributed by atoms with Gasteiger partial charge in [-0.1, -0.05) is 58.0 Å². The van der Waals surface area contributed by atoms with E-state index in [2.05, 4.69) is 4.74 Å². The molecule has 0 spiro atoms. The summed E-state index contributed by atoms with van der Waals surface area (Å²) in [5, 5.41) is 0. The van der Waals surface area contributed by atoms with Gasteiger partial charge in [-0.05, 0) is 0 Å². The highest BCUT2D eigenvalue weighted by atomic mass is 35.6. The van der Waals surface area contributed by atoms with Crippen LogP contribution in [0.1, 0.15) is 6.92 Å². The highest BCUT2D eigenvalue weighted by Crippen LogP contribution is 2.31. The minimum absolute atomic E-state index is 1.12. The fourth-order valence-electron chi connectivity index (χ4n) is 0.221. The van der Waals surface area contributed by atoms with Crippen LogP contribution in [0.25, 0.3) is 0 Å². The van der Waals surface area contributed by atoms with Gasteiger partial charge in [0.25, 0.3) is 8.31 Å². The van der Waals surface area contributed by atoms with E-state index in [1.807, 2.05) is 0 Å². The van der Waals surface area contributed by atoms with Gasteiger partial charge < -0.3 is 4.74 Å². The lowest BCUT2D eigenvalue weighted by Crippen LogP contribution is -2.28. The summed E-state index contributed by atoms with van der Waals surface area (Å²) in [6.07, 6.45) is 0. The number of rotatable bonds is 1. The Labute approximate surface area is 88.6 Å². The number of carbonyl (C=O) groups is 1. The van der Waals surface area contributed by atoms with Gasteiger partial charge in [0.15, 0.2) is 0 Å². The Balaban J connectivity index is 4.11. The average Bonchev–Trinajstić information content (AvgIpc) is 1.56. The van der Waals surface area contributed by atoms with Crippen molar-refractivity contribution in [3.63, 3.8) is 0 Å². The van der Waals surface area contributed by atoms with Gasteiger partial charge in [-0.25, -0.2) is 4.79 Å². The van der Waals surface area contributed by atoms with E-state index in [1.165, 1.54) is 6.92 Å². The lowest BCUT2D eigenvalue weighted by molar-refractivity contribution is -0.145. The van der Waals surface area contributed by atoms with Crippen LogP contribution in [0.3, 0.4) is 0 Å². The molecule has 7 heteroatoms. The molecule has 0 bridgehead atoms. The van der Waals surface area contributed by atoms with Crippen LogP contribution < -0.4 is 0 Å². The first-order valence-corrected chi connectivity index (χ1v) is 4.20. The summed E-state index contributed by atoms with van der Waals surface area (Å²) in [5.41, 5.74) is 0. The summed E-state index contributed by atoms with van der Waals surface area (Å²) in [7, 11) is 0. The SMILES string of the molecule is CC(Cl)(Cl)OC(=O)C(Cl)(Cl)Cl. The lowest BCUT2D eigenvalue weighted by Gasteiger charge is -2.17. The van der Waals surface area contributed by atoms with Crippen molar-refractivity contribution < 1.29 is 9.53 Å². The number of ether oxygens (including phenoxy) is 1. The standard InChI is InChI=1S/C4H3Cl5O2/c1-3(5,6)11-2(10)4(7,8)9/h1H3. The predicted octanol–water partition coefficient (Wildman–Crippen LogP) is 3.05. The third-order valence-corrected chi connectivity index (χ3v) is 1.12. The zero-order valence-corrected chi connectivity index (χ0v) is 8.99. The summed E-state index contributed by atoms with van der Waals surface area (Å²) in [6, 6.07) is 0. The quantitative estimate of drug-likeness (QED) is 0.535. The number of esters is 1. The van der Waals surface area contributed by atoms with Crippen LogP contribution in [-0.4, -0.2) is 14.3 Å². The van der Waals surface area contributed by atoms with Gasteiger partial charge in [0.1, 0.15) is 0 Å². The maximum Gasteiger partial charge on any atom is 0.361 e. The Hall–Kier alpha value is 0.920. The Bertz CT molecular complexity index is 155. The van der Waals surface area contributed by atoms with Crippen LogP contribution in [-0.2, 0) is 9.53 Å². The first-order valence-electron chi connectivity index (χ1n) is 2.31. The number of hydrogen-bond donors (Lipinski definition) is 0.